The summed E-state index contributed by atoms with van der Waals surface area (Å²) in [5.74, 6) is 1.71. The second kappa shape index (κ2) is 10.3. The van der Waals surface area contributed by atoms with Gasteiger partial charge in [-0.05, 0) is 45.2 Å². The molecule has 2 atom stereocenters. The number of fused-ring (bicyclic) bond motifs is 1. The van der Waals surface area contributed by atoms with Crippen LogP contribution in [0.2, 0.25) is 0 Å². The summed E-state index contributed by atoms with van der Waals surface area (Å²) in [6, 6.07) is 6.71. The van der Waals surface area contributed by atoms with Crippen LogP contribution in [-0.2, 0) is 6.54 Å². The van der Waals surface area contributed by atoms with Gasteiger partial charge in [-0.1, -0.05) is 38.3 Å². The number of benzene rings is 1. The number of aromatic nitrogens is 1. The molecule has 31 heavy (non-hydrogen) atoms. The van der Waals surface area contributed by atoms with Crippen molar-refractivity contribution in [3.8, 4) is 5.75 Å². The third kappa shape index (κ3) is 4.73. The number of hydrogen-bond acceptors (Lipinski definition) is 3. The van der Waals surface area contributed by atoms with E-state index in [4.69, 9.17) is 4.74 Å². The van der Waals surface area contributed by atoms with Gasteiger partial charge in [0.15, 0.2) is 0 Å². The quantitative estimate of drug-likeness (QED) is 0.631. The maximum atomic E-state index is 13.7. The number of halogens is 1. The van der Waals surface area contributed by atoms with E-state index in [9.17, 15) is 4.79 Å². The summed E-state index contributed by atoms with van der Waals surface area (Å²) in [7, 11) is 1.72. The molecule has 4 rings (SSSR count). The number of rotatable bonds is 5. The predicted molar refractivity (Wildman–Crippen MR) is 130 cm³/mol. The molecule has 1 saturated carbocycles. The molecule has 2 aliphatic rings. The lowest BCUT2D eigenvalue weighted by molar-refractivity contribution is 0.0336. The van der Waals surface area contributed by atoms with E-state index in [-0.39, 0.29) is 24.4 Å². The predicted octanol–water partition coefficient (Wildman–Crippen LogP) is 5.21. The highest BCUT2D eigenvalue weighted by Gasteiger charge is 2.33. The van der Waals surface area contributed by atoms with Gasteiger partial charge in [-0.2, -0.15) is 0 Å². The van der Waals surface area contributed by atoms with Gasteiger partial charge >= 0.3 is 0 Å². The molecule has 1 aromatic carbocycles. The van der Waals surface area contributed by atoms with Gasteiger partial charge in [0, 0.05) is 43.3 Å². The first-order valence-electron chi connectivity index (χ1n) is 11.7. The van der Waals surface area contributed by atoms with E-state index in [1.54, 1.807) is 7.11 Å². The maximum Gasteiger partial charge on any atom is 0.256 e. The van der Waals surface area contributed by atoms with Crippen LogP contribution in [0.4, 0.5) is 0 Å². The first-order chi connectivity index (χ1) is 14.5. The van der Waals surface area contributed by atoms with Crippen LogP contribution in [0.5, 0.6) is 5.75 Å². The minimum absolute atomic E-state index is 0. The van der Waals surface area contributed by atoms with Crippen molar-refractivity contribution < 1.29 is 9.53 Å². The number of ether oxygens (including phenoxy) is 1. The molecule has 1 aromatic heterocycles. The van der Waals surface area contributed by atoms with Crippen LogP contribution in [0.1, 0.15) is 63.2 Å². The second-order valence-electron chi connectivity index (χ2n) is 9.30. The van der Waals surface area contributed by atoms with Crippen LogP contribution < -0.4 is 4.74 Å². The van der Waals surface area contributed by atoms with Crippen molar-refractivity contribution >= 4 is 29.2 Å². The van der Waals surface area contributed by atoms with E-state index in [1.165, 1.54) is 32.1 Å². The fraction of sp³-hybridized carbons (Fsp3) is 0.640. The molecule has 1 amide bonds. The highest BCUT2D eigenvalue weighted by molar-refractivity contribution is 6.08. The number of nitrogens with zero attached hydrogens (tertiary/aromatic N) is 3. The Morgan fingerprint density at radius 1 is 1.10 bits per heavy atom. The molecule has 0 radical (unpaired) electrons. The molecular weight excluding hydrogens is 410 g/mol. The van der Waals surface area contributed by atoms with Crippen molar-refractivity contribution in [1.29, 1.82) is 0 Å². The first kappa shape index (κ1) is 23.9. The molecular formula is C25H38ClN3O2. The summed E-state index contributed by atoms with van der Waals surface area (Å²) in [5, 5.41) is 1.02. The molecule has 5 nitrogen and oxygen atoms in total. The van der Waals surface area contributed by atoms with Crippen molar-refractivity contribution in [2.75, 3.05) is 26.7 Å². The molecule has 1 aliphatic carbocycles. The first-order valence-corrected chi connectivity index (χ1v) is 11.7. The Hall–Kier alpha value is -1.72. The monoisotopic (exact) mass is 447 g/mol. The zero-order chi connectivity index (χ0) is 21.3. The van der Waals surface area contributed by atoms with Gasteiger partial charge in [0.05, 0.1) is 18.2 Å². The zero-order valence-corrected chi connectivity index (χ0v) is 20.3. The number of amides is 1. The molecule has 2 fully saturated rings. The summed E-state index contributed by atoms with van der Waals surface area (Å²) in [6.07, 6.45) is 8.68. The Kier molecular flexibility index (Phi) is 7.92. The molecule has 0 N–H and O–H groups in total. The summed E-state index contributed by atoms with van der Waals surface area (Å²) in [4.78, 5) is 18.3. The maximum absolute atomic E-state index is 13.7. The lowest BCUT2D eigenvalue weighted by atomic mass is 9.89. The lowest BCUT2D eigenvalue weighted by Gasteiger charge is -2.43. The topological polar surface area (TPSA) is 37.7 Å². The van der Waals surface area contributed by atoms with Gasteiger partial charge in [-0.25, -0.2) is 0 Å². The number of carbonyl (C=O) groups excluding carboxylic acids is 1. The third-order valence-corrected chi connectivity index (χ3v) is 7.27. The van der Waals surface area contributed by atoms with Crippen molar-refractivity contribution in [2.45, 2.75) is 71.5 Å². The lowest BCUT2D eigenvalue weighted by Crippen LogP contribution is -2.57. The Morgan fingerprint density at radius 3 is 2.52 bits per heavy atom. The highest BCUT2D eigenvalue weighted by atomic mass is 35.5. The molecule has 0 unspecified atom stereocenters. The fourth-order valence-corrected chi connectivity index (χ4v) is 5.53. The second-order valence-corrected chi connectivity index (χ2v) is 9.30. The normalized spacial score (nSPS) is 23.0. The highest BCUT2D eigenvalue weighted by Crippen LogP contribution is 2.34. The van der Waals surface area contributed by atoms with Crippen molar-refractivity contribution in [3.05, 3.63) is 30.0 Å². The molecule has 1 aliphatic heterocycles. The molecule has 172 valence electrons. The SMILES string of the molecule is CCN1C[C@H](C)N(C(=O)c2cn(CC3CCCCC3)c3c(OC)cccc23)C[C@H]1C.Cl. The Bertz CT molecular complexity index is 890. The largest absolute Gasteiger partial charge is 0.495 e. The number of para-hydroxylation sites is 1. The fourth-order valence-electron chi connectivity index (χ4n) is 5.53. The average Bonchev–Trinajstić information content (AvgIpc) is 3.13. The van der Waals surface area contributed by atoms with Gasteiger partial charge in [-0.3, -0.25) is 9.69 Å². The Labute approximate surface area is 193 Å². The van der Waals surface area contributed by atoms with E-state index in [0.717, 1.165) is 48.4 Å². The number of piperazine rings is 1. The number of carbonyl (C=O) groups is 1. The van der Waals surface area contributed by atoms with Crippen LogP contribution in [0.15, 0.2) is 24.4 Å². The summed E-state index contributed by atoms with van der Waals surface area (Å²) in [5.41, 5.74) is 1.89. The standard InChI is InChI=1S/C25H37N3O2.ClH/c1-5-26-14-19(3)28(15-18(26)2)25(29)22-17-27(16-20-10-7-6-8-11-20)24-21(22)12-9-13-23(24)30-4;/h9,12-13,17-20H,5-8,10-11,14-16H2,1-4H3;1H/t18-,19+;/m1./s1. The summed E-state index contributed by atoms with van der Waals surface area (Å²) in [6.45, 7) is 10.3. The molecule has 6 heteroatoms. The number of hydrogen-bond donors (Lipinski definition) is 0. The molecule has 2 aromatic rings. The van der Waals surface area contributed by atoms with Crippen LogP contribution in [-0.4, -0.2) is 59.1 Å². The Morgan fingerprint density at radius 2 is 1.84 bits per heavy atom. The van der Waals surface area contributed by atoms with Gasteiger partial charge in [-0.15, -0.1) is 12.4 Å². The minimum Gasteiger partial charge on any atom is -0.495 e. The molecule has 1 saturated heterocycles. The van der Waals surface area contributed by atoms with E-state index in [1.807, 2.05) is 12.1 Å². The van der Waals surface area contributed by atoms with Crippen LogP contribution >= 0.6 is 12.4 Å². The van der Waals surface area contributed by atoms with Gasteiger partial charge in [0.25, 0.3) is 5.91 Å². The summed E-state index contributed by atoms with van der Waals surface area (Å²) < 4.78 is 8.01. The zero-order valence-electron chi connectivity index (χ0n) is 19.5. The van der Waals surface area contributed by atoms with Gasteiger partial charge in [0.2, 0.25) is 0 Å². The third-order valence-electron chi connectivity index (χ3n) is 7.27. The minimum atomic E-state index is 0. The van der Waals surface area contributed by atoms with Crippen LogP contribution in [0.3, 0.4) is 0 Å². The van der Waals surface area contributed by atoms with Crippen molar-refractivity contribution in [1.82, 2.24) is 14.4 Å². The smallest absolute Gasteiger partial charge is 0.256 e. The van der Waals surface area contributed by atoms with E-state index >= 15 is 0 Å². The van der Waals surface area contributed by atoms with Crippen LogP contribution in [0, 0.1) is 5.92 Å². The van der Waals surface area contributed by atoms with E-state index < -0.39 is 0 Å². The van der Waals surface area contributed by atoms with E-state index in [0.29, 0.717) is 12.0 Å². The molecule has 0 spiro atoms. The molecule has 0 bridgehead atoms. The molecule has 2 heterocycles. The van der Waals surface area contributed by atoms with E-state index in [2.05, 4.69) is 47.4 Å². The van der Waals surface area contributed by atoms with Crippen molar-refractivity contribution in [2.24, 2.45) is 5.92 Å². The Balaban J connectivity index is 0.00000272. The van der Waals surface area contributed by atoms with Gasteiger partial charge in [0.1, 0.15) is 5.75 Å². The number of methoxy groups -OCH3 is 1. The van der Waals surface area contributed by atoms with Crippen molar-refractivity contribution in [3.63, 3.8) is 0 Å². The number of likely N-dealkylation sites (N-methyl/N-ethyl adjacent to an activating group) is 1. The average molecular weight is 448 g/mol. The van der Waals surface area contributed by atoms with Gasteiger partial charge < -0.3 is 14.2 Å². The van der Waals surface area contributed by atoms with Crippen LogP contribution in [0.25, 0.3) is 10.9 Å². The summed E-state index contributed by atoms with van der Waals surface area (Å²) >= 11 is 0.